The molecule has 164 valence electrons. The van der Waals surface area contributed by atoms with Crippen LogP contribution < -0.4 is 0 Å². The minimum atomic E-state index is -1.27. The average molecular weight is 945 g/mol. The van der Waals surface area contributed by atoms with Gasteiger partial charge in [-0.05, 0) is 127 Å². The first-order valence-corrected chi connectivity index (χ1v) is 13.5. The third-order valence-corrected chi connectivity index (χ3v) is 12.0. The maximum Gasteiger partial charge on any atom is 0.348 e. The first-order chi connectivity index (χ1) is 14.2. The number of esters is 2. The molecule has 2 rings (SSSR count). The van der Waals surface area contributed by atoms with Crippen LogP contribution in [0, 0.1) is 0 Å². The quantitative estimate of drug-likeness (QED) is 0.181. The normalized spacial score (nSPS) is 10.7. The van der Waals surface area contributed by atoms with E-state index in [1.165, 1.54) is 0 Å². The Morgan fingerprint density at radius 2 is 0.645 bits per heavy atom. The summed E-state index contributed by atoms with van der Waals surface area (Å²) < 4.78 is 5.35. The molecule has 2 aromatic carbocycles. The van der Waals surface area contributed by atoms with Crippen molar-refractivity contribution in [2.75, 3.05) is 0 Å². The number of benzene rings is 2. The third-order valence-electron chi connectivity index (χ3n) is 3.55. The molecule has 0 aliphatic heterocycles. The highest BCUT2D eigenvalue weighted by atomic mass is 79.9. The van der Waals surface area contributed by atoms with E-state index in [2.05, 4.69) is 127 Å². The van der Waals surface area contributed by atoms with E-state index >= 15 is 0 Å². The number of carboxylic acid groups (broad SMARTS) is 2. The standard InChI is InChI=1S/C16H2Br8O7/c17-5-1(13(25)26)6(18)10(22)3(9(5)21)15(29)31-16(30)4-11(23)7(19)2(14(27)28)8(20)12(4)24/h(H,25,26)(H,27,28). The number of hydrogen-bond acceptors (Lipinski definition) is 5. The van der Waals surface area contributed by atoms with Crippen molar-refractivity contribution in [1.29, 1.82) is 0 Å². The number of rotatable bonds is 4. The molecule has 15 heteroatoms. The molecule has 0 atom stereocenters. The van der Waals surface area contributed by atoms with Crippen molar-refractivity contribution >= 4 is 151 Å². The molecule has 0 aliphatic carbocycles. The smallest absolute Gasteiger partial charge is 0.348 e. The van der Waals surface area contributed by atoms with Crippen molar-refractivity contribution < 1.29 is 34.1 Å². The first-order valence-electron chi connectivity index (χ1n) is 7.18. The van der Waals surface area contributed by atoms with Crippen molar-refractivity contribution in [2.45, 2.75) is 0 Å². The highest BCUT2D eigenvalue weighted by molar-refractivity contribution is 9.14. The lowest BCUT2D eigenvalue weighted by atomic mass is 10.1. The van der Waals surface area contributed by atoms with E-state index in [0.717, 1.165) is 0 Å². The summed E-state index contributed by atoms with van der Waals surface area (Å²) in [5, 5.41) is 18.7. The Bertz CT molecular complexity index is 1040. The second-order valence-corrected chi connectivity index (χ2v) is 11.6. The van der Waals surface area contributed by atoms with Crippen LogP contribution in [0.25, 0.3) is 0 Å². The van der Waals surface area contributed by atoms with Gasteiger partial charge in [0.1, 0.15) is 0 Å². The summed E-state index contributed by atoms with van der Waals surface area (Å²) in [6, 6.07) is 0. The number of ether oxygens (including phenoxy) is 1. The minimum absolute atomic E-state index is 0.0412. The van der Waals surface area contributed by atoms with Crippen molar-refractivity contribution in [1.82, 2.24) is 0 Å². The molecule has 0 spiro atoms. The predicted molar refractivity (Wildman–Crippen MR) is 138 cm³/mol. The van der Waals surface area contributed by atoms with Crippen LogP contribution >= 0.6 is 127 Å². The number of carboxylic acids is 2. The summed E-state index contributed by atoms with van der Waals surface area (Å²) in [5.74, 6) is -4.74. The first kappa shape index (κ1) is 27.6. The largest absolute Gasteiger partial charge is 0.478 e. The topological polar surface area (TPSA) is 118 Å². The summed E-state index contributed by atoms with van der Waals surface area (Å²) in [4.78, 5) is 48.5. The fourth-order valence-corrected chi connectivity index (χ4v) is 7.75. The van der Waals surface area contributed by atoms with Gasteiger partial charge in [-0.25, -0.2) is 19.2 Å². The molecule has 2 N–H and O–H groups in total. The molecule has 0 radical (unpaired) electrons. The van der Waals surface area contributed by atoms with Crippen LogP contribution in [0.3, 0.4) is 0 Å². The van der Waals surface area contributed by atoms with Crippen LogP contribution in [0.4, 0.5) is 0 Å². The zero-order valence-corrected chi connectivity index (χ0v) is 26.6. The molecular formula is C16H2Br8O7. The van der Waals surface area contributed by atoms with E-state index in [9.17, 15) is 29.4 Å². The van der Waals surface area contributed by atoms with Crippen LogP contribution in [0.1, 0.15) is 41.4 Å². The average Bonchev–Trinajstić information content (AvgIpc) is 2.65. The molecule has 0 bridgehead atoms. The van der Waals surface area contributed by atoms with E-state index in [1.807, 2.05) is 0 Å². The monoisotopic (exact) mass is 937 g/mol. The summed E-state index contributed by atoms with van der Waals surface area (Å²) >= 11 is 25.0. The van der Waals surface area contributed by atoms with E-state index in [1.54, 1.807) is 0 Å². The summed E-state index contributed by atoms with van der Waals surface area (Å²) in [6.45, 7) is 0. The molecular weight excluding hydrogens is 943 g/mol. The molecule has 0 fully saturated rings. The zero-order valence-electron chi connectivity index (χ0n) is 14.0. The van der Waals surface area contributed by atoms with Gasteiger partial charge in [0.15, 0.2) is 0 Å². The molecule has 0 unspecified atom stereocenters. The van der Waals surface area contributed by atoms with E-state index in [4.69, 9.17) is 4.74 Å². The maximum atomic E-state index is 12.8. The number of carbonyl (C=O) groups excluding carboxylic acids is 2. The molecule has 0 aliphatic rings. The van der Waals surface area contributed by atoms with Gasteiger partial charge in [-0.15, -0.1) is 0 Å². The Balaban J connectivity index is 2.58. The van der Waals surface area contributed by atoms with Crippen LogP contribution in [0.15, 0.2) is 35.8 Å². The van der Waals surface area contributed by atoms with Gasteiger partial charge in [-0.1, -0.05) is 0 Å². The Hall–Kier alpha value is 0.360. The van der Waals surface area contributed by atoms with Gasteiger partial charge in [0.25, 0.3) is 0 Å². The lowest BCUT2D eigenvalue weighted by Gasteiger charge is -2.15. The van der Waals surface area contributed by atoms with Gasteiger partial charge in [0.05, 0.1) is 22.3 Å². The minimum Gasteiger partial charge on any atom is -0.478 e. The second-order valence-electron chi connectivity index (χ2n) is 5.30. The molecule has 0 aromatic heterocycles. The second kappa shape index (κ2) is 10.7. The third kappa shape index (κ3) is 5.23. The molecule has 0 amide bonds. The fourth-order valence-electron chi connectivity index (χ4n) is 2.18. The highest BCUT2D eigenvalue weighted by Crippen LogP contribution is 2.44. The molecule has 0 saturated heterocycles. The fraction of sp³-hybridized carbons (Fsp3) is 0. The van der Waals surface area contributed by atoms with Crippen molar-refractivity contribution in [2.24, 2.45) is 0 Å². The van der Waals surface area contributed by atoms with E-state index < -0.39 is 23.9 Å². The van der Waals surface area contributed by atoms with Gasteiger partial charge >= 0.3 is 23.9 Å². The van der Waals surface area contributed by atoms with Crippen molar-refractivity contribution in [3.05, 3.63) is 58.0 Å². The Morgan fingerprint density at radius 1 is 0.452 bits per heavy atom. The number of halogens is 8. The van der Waals surface area contributed by atoms with Gasteiger partial charge in [-0.2, -0.15) is 0 Å². The van der Waals surface area contributed by atoms with Crippen molar-refractivity contribution in [3.8, 4) is 0 Å². The van der Waals surface area contributed by atoms with Crippen LogP contribution in [-0.4, -0.2) is 34.1 Å². The number of hydrogen-bond donors (Lipinski definition) is 2. The molecule has 7 nitrogen and oxygen atoms in total. The van der Waals surface area contributed by atoms with Gasteiger partial charge < -0.3 is 14.9 Å². The van der Waals surface area contributed by atoms with Crippen molar-refractivity contribution in [3.63, 3.8) is 0 Å². The summed E-state index contributed by atoms with van der Waals surface area (Å²) in [5.41, 5.74) is -0.650. The Labute approximate surface area is 240 Å². The summed E-state index contributed by atoms with van der Waals surface area (Å²) in [6.07, 6.45) is 0. The van der Waals surface area contributed by atoms with Gasteiger partial charge in [-0.3, -0.25) is 0 Å². The van der Waals surface area contributed by atoms with Crippen LogP contribution in [0.5, 0.6) is 0 Å². The lowest BCUT2D eigenvalue weighted by molar-refractivity contribution is 0.0392. The Kier molecular flexibility index (Phi) is 9.56. The molecule has 0 saturated carbocycles. The molecule has 0 heterocycles. The van der Waals surface area contributed by atoms with Crippen LogP contribution in [-0.2, 0) is 4.74 Å². The molecule has 2 aromatic rings. The lowest BCUT2D eigenvalue weighted by Crippen LogP contribution is -2.17. The van der Waals surface area contributed by atoms with Gasteiger partial charge in [0.2, 0.25) is 0 Å². The number of aromatic carboxylic acids is 2. The zero-order chi connectivity index (χ0) is 23.9. The highest BCUT2D eigenvalue weighted by Gasteiger charge is 2.32. The summed E-state index contributed by atoms with van der Waals surface area (Å²) in [7, 11) is 0. The Morgan fingerprint density at radius 3 is 0.839 bits per heavy atom. The van der Waals surface area contributed by atoms with Gasteiger partial charge in [0, 0.05) is 35.8 Å². The SMILES string of the molecule is O=C(O)c1c(Br)c(Br)c(C(=O)OC(=O)c2c(Br)c(Br)c(C(=O)O)c(Br)c2Br)c(Br)c1Br. The maximum absolute atomic E-state index is 12.8. The predicted octanol–water partition coefficient (Wildman–Crippen LogP) is 8.18. The van der Waals surface area contributed by atoms with Crippen LogP contribution in [0.2, 0.25) is 0 Å². The number of carbonyl (C=O) groups is 4. The molecule has 31 heavy (non-hydrogen) atoms. The van der Waals surface area contributed by atoms with E-state index in [0.29, 0.717) is 0 Å². The van der Waals surface area contributed by atoms with E-state index in [-0.39, 0.29) is 58.0 Å².